The maximum Gasteiger partial charge on any atom is 0.321 e. The number of urea groups is 1. The van der Waals surface area contributed by atoms with Gasteiger partial charge in [0.2, 0.25) is 5.91 Å². The minimum absolute atomic E-state index is 0.00164. The van der Waals surface area contributed by atoms with E-state index in [2.05, 4.69) is 15.6 Å². The van der Waals surface area contributed by atoms with Crippen LogP contribution in [0.1, 0.15) is 33.2 Å². The van der Waals surface area contributed by atoms with Gasteiger partial charge in [0.15, 0.2) is 5.16 Å². The molecule has 0 fully saturated rings. The van der Waals surface area contributed by atoms with Crippen LogP contribution in [0.3, 0.4) is 0 Å². The zero-order valence-electron chi connectivity index (χ0n) is 14.5. The molecule has 25 heavy (non-hydrogen) atoms. The van der Waals surface area contributed by atoms with Crippen molar-refractivity contribution in [3.63, 3.8) is 0 Å². The molecule has 1 atom stereocenters. The van der Waals surface area contributed by atoms with Crippen molar-refractivity contribution in [2.45, 2.75) is 38.4 Å². The zero-order chi connectivity index (χ0) is 18.4. The lowest BCUT2D eigenvalue weighted by Gasteiger charge is -2.18. The monoisotopic (exact) mass is 362 g/mol. The van der Waals surface area contributed by atoms with Crippen molar-refractivity contribution in [1.82, 2.24) is 20.2 Å². The summed E-state index contributed by atoms with van der Waals surface area (Å²) in [4.78, 5) is 40.6. The maximum absolute atomic E-state index is 12.8. The Labute approximate surface area is 150 Å². The molecule has 1 heterocycles. The van der Waals surface area contributed by atoms with Crippen molar-refractivity contribution in [3.8, 4) is 0 Å². The van der Waals surface area contributed by atoms with Crippen LogP contribution in [-0.2, 0) is 4.79 Å². The van der Waals surface area contributed by atoms with Crippen LogP contribution in [0.4, 0.5) is 4.79 Å². The Balaban J connectivity index is 2.28. The minimum atomic E-state index is -0.529. The second kappa shape index (κ2) is 8.66. The van der Waals surface area contributed by atoms with Crippen molar-refractivity contribution < 1.29 is 9.59 Å². The fourth-order valence-corrected chi connectivity index (χ4v) is 3.19. The quantitative estimate of drug-likeness (QED) is 0.608. The molecule has 2 rings (SSSR count). The molecule has 0 aliphatic rings. The first-order valence-electron chi connectivity index (χ1n) is 8.19. The summed E-state index contributed by atoms with van der Waals surface area (Å²) in [6, 6.07) is 6.57. The molecule has 2 N–H and O–H groups in total. The van der Waals surface area contributed by atoms with E-state index in [1.807, 2.05) is 19.9 Å². The molecule has 1 aromatic heterocycles. The van der Waals surface area contributed by atoms with Crippen LogP contribution >= 0.6 is 11.8 Å². The Kier molecular flexibility index (Phi) is 6.58. The van der Waals surface area contributed by atoms with E-state index in [1.54, 1.807) is 29.7 Å². The van der Waals surface area contributed by atoms with Crippen LogP contribution in [0.5, 0.6) is 0 Å². The third kappa shape index (κ3) is 4.60. The van der Waals surface area contributed by atoms with Gasteiger partial charge in [0, 0.05) is 12.6 Å². The van der Waals surface area contributed by atoms with Gasteiger partial charge < -0.3 is 5.32 Å². The average molecular weight is 362 g/mol. The predicted octanol–water partition coefficient (Wildman–Crippen LogP) is 2.31. The maximum atomic E-state index is 12.8. The van der Waals surface area contributed by atoms with Gasteiger partial charge in [0.1, 0.15) is 0 Å². The fraction of sp³-hybridized carbons (Fsp3) is 0.412. The van der Waals surface area contributed by atoms with Gasteiger partial charge in [-0.1, -0.05) is 30.8 Å². The third-order valence-electron chi connectivity index (χ3n) is 3.73. The third-order valence-corrected chi connectivity index (χ3v) is 4.68. The number of nitrogens with zero attached hydrogens (tertiary/aromatic N) is 2. The number of para-hydroxylation sites is 1. The first-order chi connectivity index (χ1) is 12.0. The van der Waals surface area contributed by atoms with Gasteiger partial charge in [0.25, 0.3) is 5.56 Å². The van der Waals surface area contributed by atoms with Crippen molar-refractivity contribution in [2.75, 3.05) is 12.3 Å². The topological polar surface area (TPSA) is 93.1 Å². The van der Waals surface area contributed by atoms with Crippen LogP contribution < -0.4 is 16.2 Å². The minimum Gasteiger partial charge on any atom is -0.338 e. The highest BCUT2D eigenvalue weighted by Gasteiger charge is 2.17. The van der Waals surface area contributed by atoms with Crippen LogP contribution in [0, 0.1) is 0 Å². The Morgan fingerprint density at radius 3 is 2.68 bits per heavy atom. The highest BCUT2D eigenvalue weighted by molar-refractivity contribution is 7.99. The molecule has 1 aromatic carbocycles. The summed E-state index contributed by atoms with van der Waals surface area (Å²) in [5, 5.41) is 5.77. The van der Waals surface area contributed by atoms with Gasteiger partial charge >= 0.3 is 6.03 Å². The number of aromatic nitrogens is 2. The lowest BCUT2D eigenvalue weighted by atomic mass is 10.2. The van der Waals surface area contributed by atoms with E-state index in [1.165, 1.54) is 0 Å². The summed E-state index contributed by atoms with van der Waals surface area (Å²) in [6.45, 7) is 6.13. The zero-order valence-corrected chi connectivity index (χ0v) is 15.4. The molecule has 3 amide bonds. The average Bonchev–Trinajstić information content (AvgIpc) is 2.59. The number of nitrogens with one attached hydrogen (secondary N) is 2. The molecule has 8 heteroatoms. The lowest BCUT2D eigenvalue weighted by Crippen LogP contribution is -2.40. The van der Waals surface area contributed by atoms with E-state index in [0.29, 0.717) is 22.6 Å². The molecule has 134 valence electrons. The number of carbonyl (C=O) groups excluding carboxylic acids is 2. The second-order valence-electron chi connectivity index (χ2n) is 5.54. The van der Waals surface area contributed by atoms with Gasteiger partial charge in [-0.25, -0.2) is 9.78 Å². The molecule has 0 saturated carbocycles. The summed E-state index contributed by atoms with van der Waals surface area (Å²) >= 11 is 1.15. The van der Waals surface area contributed by atoms with Crippen LogP contribution in [0.2, 0.25) is 0 Å². The van der Waals surface area contributed by atoms with Crippen molar-refractivity contribution in [2.24, 2.45) is 0 Å². The smallest absolute Gasteiger partial charge is 0.321 e. The molecule has 2 aromatic rings. The molecular weight excluding hydrogens is 340 g/mol. The van der Waals surface area contributed by atoms with E-state index in [0.717, 1.165) is 18.2 Å². The highest BCUT2D eigenvalue weighted by Crippen LogP contribution is 2.22. The second-order valence-corrected chi connectivity index (χ2v) is 6.48. The Morgan fingerprint density at radius 1 is 1.28 bits per heavy atom. The van der Waals surface area contributed by atoms with Crippen molar-refractivity contribution in [1.29, 1.82) is 0 Å². The number of amides is 3. The van der Waals surface area contributed by atoms with E-state index in [9.17, 15) is 14.4 Å². The highest BCUT2D eigenvalue weighted by atomic mass is 32.2. The lowest BCUT2D eigenvalue weighted by molar-refractivity contribution is -0.117. The number of thioether (sulfide) groups is 1. The fourth-order valence-electron chi connectivity index (χ4n) is 2.30. The Morgan fingerprint density at radius 2 is 2.00 bits per heavy atom. The summed E-state index contributed by atoms with van der Waals surface area (Å²) in [7, 11) is 0. The summed E-state index contributed by atoms with van der Waals surface area (Å²) in [5.41, 5.74) is 0.477. The first-order valence-corrected chi connectivity index (χ1v) is 9.18. The molecular formula is C17H22N4O3S. The van der Waals surface area contributed by atoms with Crippen molar-refractivity contribution >= 4 is 34.6 Å². The molecule has 0 bridgehead atoms. The Bertz CT molecular complexity index is 834. The Hall–Kier alpha value is -2.35. The van der Waals surface area contributed by atoms with Crippen LogP contribution in [-0.4, -0.2) is 33.8 Å². The van der Waals surface area contributed by atoms with Crippen molar-refractivity contribution in [3.05, 3.63) is 34.6 Å². The summed E-state index contributed by atoms with van der Waals surface area (Å²) in [5.74, 6) is -0.438. The number of imide groups is 1. The number of fused-ring (bicyclic) bond motifs is 1. The van der Waals surface area contributed by atoms with Gasteiger partial charge in [-0.05, 0) is 32.4 Å². The standard InChI is InChI=1S/C17H22N4O3S/c1-4-11(3)21-15(23)12-8-6-7-9-13(12)19-17(21)25-10-14(22)20-16(24)18-5-2/h6-9,11H,4-5,10H2,1-3H3,(H2,18,20,22,24). The van der Waals surface area contributed by atoms with E-state index < -0.39 is 11.9 Å². The SMILES string of the molecule is CCNC(=O)NC(=O)CSc1nc2ccccc2c(=O)n1C(C)CC. The largest absolute Gasteiger partial charge is 0.338 e. The molecule has 0 aliphatic carbocycles. The summed E-state index contributed by atoms with van der Waals surface area (Å²) in [6.07, 6.45) is 0.762. The van der Waals surface area contributed by atoms with E-state index in [4.69, 9.17) is 0 Å². The molecule has 0 spiro atoms. The van der Waals surface area contributed by atoms with Gasteiger partial charge in [-0.15, -0.1) is 0 Å². The molecule has 1 unspecified atom stereocenters. The van der Waals surface area contributed by atoms with Crippen LogP contribution in [0.15, 0.2) is 34.2 Å². The van der Waals surface area contributed by atoms with Crippen LogP contribution in [0.25, 0.3) is 10.9 Å². The number of hydrogen-bond acceptors (Lipinski definition) is 5. The number of carbonyl (C=O) groups is 2. The van der Waals surface area contributed by atoms with Gasteiger partial charge in [-0.3, -0.25) is 19.5 Å². The van der Waals surface area contributed by atoms with Gasteiger partial charge in [0.05, 0.1) is 16.7 Å². The normalized spacial score (nSPS) is 12.0. The molecule has 0 saturated heterocycles. The first kappa shape index (κ1) is 19.0. The van der Waals surface area contributed by atoms with E-state index >= 15 is 0 Å². The molecule has 0 radical (unpaired) electrons. The number of hydrogen-bond donors (Lipinski definition) is 2. The number of rotatable bonds is 6. The predicted molar refractivity (Wildman–Crippen MR) is 98.9 cm³/mol. The van der Waals surface area contributed by atoms with E-state index in [-0.39, 0.29) is 17.4 Å². The molecule has 0 aliphatic heterocycles. The molecule has 7 nitrogen and oxygen atoms in total. The summed E-state index contributed by atoms with van der Waals surface area (Å²) < 4.78 is 1.62. The number of benzene rings is 1. The van der Waals surface area contributed by atoms with Gasteiger partial charge in [-0.2, -0.15) is 0 Å².